The van der Waals surface area contributed by atoms with Crippen molar-refractivity contribution in [3.05, 3.63) is 50.4 Å². The maximum absolute atomic E-state index is 13.5. The molecule has 0 saturated heterocycles. The average molecular weight is 443 g/mol. The SMILES string of the molecule is CC(NC(=O)c1ccc(Br)s1)C(=O)NC1CCSc2ccc(F)cc21. The first-order valence-corrected chi connectivity index (χ1v) is 10.3. The topological polar surface area (TPSA) is 58.2 Å². The molecular formula is C17H16BrFN2O2S2. The molecule has 132 valence electrons. The van der Waals surface area contributed by atoms with Crippen LogP contribution < -0.4 is 10.6 Å². The minimum absolute atomic E-state index is 0.241. The smallest absolute Gasteiger partial charge is 0.262 e. The zero-order valence-corrected chi connectivity index (χ0v) is 16.6. The quantitative estimate of drug-likeness (QED) is 0.748. The minimum Gasteiger partial charge on any atom is -0.347 e. The largest absolute Gasteiger partial charge is 0.347 e. The van der Waals surface area contributed by atoms with Crippen LogP contribution in [0, 0.1) is 5.82 Å². The van der Waals surface area contributed by atoms with Gasteiger partial charge in [-0.15, -0.1) is 23.1 Å². The predicted molar refractivity (Wildman–Crippen MR) is 102 cm³/mol. The number of carbonyl (C=O) groups is 2. The zero-order chi connectivity index (χ0) is 18.0. The average Bonchev–Trinajstić information content (AvgIpc) is 3.02. The summed E-state index contributed by atoms with van der Waals surface area (Å²) in [6.45, 7) is 1.64. The Balaban J connectivity index is 1.64. The number of carbonyl (C=O) groups excluding carboxylic acids is 2. The van der Waals surface area contributed by atoms with Gasteiger partial charge in [0.1, 0.15) is 11.9 Å². The van der Waals surface area contributed by atoms with Gasteiger partial charge in [0.15, 0.2) is 0 Å². The number of halogens is 2. The van der Waals surface area contributed by atoms with Crippen LogP contribution in [0.15, 0.2) is 39.0 Å². The van der Waals surface area contributed by atoms with Crippen LogP contribution in [0.5, 0.6) is 0 Å². The van der Waals surface area contributed by atoms with Gasteiger partial charge in [-0.2, -0.15) is 0 Å². The molecule has 2 aromatic rings. The van der Waals surface area contributed by atoms with Gasteiger partial charge in [-0.25, -0.2) is 4.39 Å². The summed E-state index contributed by atoms with van der Waals surface area (Å²) in [7, 11) is 0. The maximum Gasteiger partial charge on any atom is 0.262 e. The van der Waals surface area contributed by atoms with Crippen LogP contribution in [0.25, 0.3) is 0 Å². The molecule has 0 saturated carbocycles. The van der Waals surface area contributed by atoms with E-state index in [-0.39, 0.29) is 23.7 Å². The number of amides is 2. The number of hydrogen-bond donors (Lipinski definition) is 2. The van der Waals surface area contributed by atoms with E-state index in [2.05, 4.69) is 26.6 Å². The second-order valence-corrected chi connectivity index (χ2v) is 9.28. The van der Waals surface area contributed by atoms with E-state index in [4.69, 9.17) is 0 Å². The van der Waals surface area contributed by atoms with Crippen molar-refractivity contribution >= 4 is 50.8 Å². The first-order valence-electron chi connectivity index (χ1n) is 7.73. The number of nitrogens with one attached hydrogen (secondary N) is 2. The lowest BCUT2D eigenvalue weighted by Crippen LogP contribution is -2.46. The first-order chi connectivity index (χ1) is 11.9. The lowest BCUT2D eigenvalue weighted by Gasteiger charge is -2.27. The summed E-state index contributed by atoms with van der Waals surface area (Å²) in [6, 6.07) is 7.21. The van der Waals surface area contributed by atoms with Crippen molar-refractivity contribution in [2.75, 3.05) is 5.75 Å². The van der Waals surface area contributed by atoms with Crippen molar-refractivity contribution in [3.63, 3.8) is 0 Å². The second kappa shape index (κ2) is 7.88. The predicted octanol–water partition coefficient (Wildman–Crippen LogP) is 4.12. The van der Waals surface area contributed by atoms with Crippen molar-refractivity contribution in [2.24, 2.45) is 0 Å². The summed E-state index contributed by atoms with van der Waals surface area (Å²) < 4.78 is 14.4. The van der Waals surface area contributed by atoms with Crippen LogP contribution in [-0.2, 0) is 4.79 Å². The molecule has 2 amide bonds. The fraction of sp³-hybridized carbons (Fsp3) is 0.294. The van der Waals surface area contributed by atoms with Crippen LogP contribution in [-0.4, -0.2) is 23.6 Å². The van der Waals surface area contributed by atoms with Gasteiger partial charge in [0.05, 0.1) is 14.7 Å². The standard InChI is InChI=1S/C17H16BrFN2O2S2/c1-9(20-17(23)14-4-5-15(18)25-14)16(22)21-12-6-7-24-13-3-2-10(19)8-11(12)13/h2-5,8-9,12H,6-7H2,1H3,(H,20,23)(H,21,22). The highest BCUT2D eigenvalue weighted by atomic mass is 79.9. The molecule has 2 heterocycles. The van der Waals surface area contributed by atoms with Gasteiger partial charge in [-0.3, -0.25) is 9.59 Å². The Morgan fingerprint density at radius 3 is 2.84 bits per heavy atom. The fourth-order valence-corrected chi connectivity index (χ4v) is 4.98. The molecule has 2 unspecified atom stereocenters. The third kappa shape index (κ3) is 4.43. The number of fused-ring (bicyclic) bond motifs is 1. The molecule has 0 aliphatic carbocycles. The van der Waals surface area contributed by atoms with Gasteiger partial charge in [-0.1, -0.05) is 0 Å². The van der Waals surface area contributed by atoms with Gasteiger partial charge in [0, 0.05) is 10.6 Å². The Hall–Kier alpha value is -1.38. The first kappa shape index (κ1) is 18.4. The van der Waals surface area contributed by atoms with Crippen molar-refractivity contribution in [2.45, 2.75) is 30.3 Å². The highest BCUT2D eigenvalue weighted by Crippen LogP contribution is 2.36. The van der Waals surface area contributed by atoms with E-state index in [9.17, 15) is 14.0 Å². The van der Waals surface area contributed by atoms with Gasteiger partial charge in [0.2, 0.25) is 5.91 Å². The van der Waals surface area contributed by atoms with Crippen LogP contribution in [0.3, 0.4) is 0 Å². The number of rotatable bonds is 4. The monoisotopic (exact) mass is 442 g/mol. The Labute approximate surface area is 161 Å². The number of thioether (sulfide) groups is 1. The Bertz CT molecular complexity index is 812. The van der Waals surface area contributed by atoms with E-state index in [1.54, 1.807) is 36.9 Å². The molecule has 3 rings (SSSR count). The van der Waals surface area contributed by atoms with E-state index < -0.39 is 6.04 Å². The third-order valence-electron chi connectivity index (χ3n) is 3.87. The Kier molecular flexibility index (Phi) is 5.81. The van der Waals surface area contributed by atoms with E-state index in [0.29, 0.717) is 4.88 Å². The van der Waals surface area contributed by atoms with E-state index in [1.165, 1.54) is 23.5 Å². The zero-order valence-electron chi connectivity index (χ0n) is 13.3. The Morgan fingerprint density at radius 2 is 2.12 bits per heavy atom. The normalized spacial score (nSPS) is 17.5. The molecule has 0 radical (unpaired) electrons. The van der Waals surface area contributed by atoms with Crippen LogP contribution >= 0.6 is 39.0 Å². The molecule has 0 fully saturated rings. The molecule has 1 aliphatic rings. The van der Waals surface area contributed by atoms with Crippen molar-refractivity contribution in [1.29, 1.82) is 0 Å². The summed E-state index contributed by atoms with van der Waals surface area (Å²) in [6.07, 6.45) is 0.728. The minimum atomic E-state index is -0.681. The summed E-state index contributed by atoms with van der Waals surface area (Å²) in [4.78, 5) is 26.1. The van der Waals surface area contributed by atoms with Crippen LogP contribution in [0.2, 0.25) is 0 Å². The number of benzene rings is 1. The van der Waals surface area contributed by atoms with E-state index in [1.807, 2.05) is 0 Å². The Morgan fingerprint density at radius 1 is 1.32 bits per heavy atom. The molecule has 8 heteroatoms. The van der Waals surface area contributed by atoms with E-state index >= 15 is 0 Å². The van der Waals surface area contributed by atoms with Gasteiger partial charge >= 0.3 is 0 Å². The molecule has 0 bridgehead atoms. The van der Waals surface area contributed by atoms with Crippen molar-refractivity contribution < 1.29 is 14.0 Å². The van der Waals surface area contributed by atoms with Gasteiger partial charge in [0.25, 0.3) is 5.91 Å². The summed E-state index contributed by atoms with van der Waals surface area (Å²) >= 11 is 6.27. The molecule has 2 atom stereocenters. The summed E-state index contributed by atoms with van der Waals surface area (Å²) in [5.74, 6) is -0.0294. The third-order valence-corrected chi connectivity index (χ3v) is 6.61. The maximum atomic E-state index is 13.5. The lowest BCUT2D eigenvalue weighted by molar-refractivity contribution is -0.123. The molecule has 25 heavy (non-hydrogen) atoms. The second-order valence-electron chi connectivity index (χ2n) is 5.68. The fourth-order valence-electron chi connectivity index (χ4n) is 2.58. The highest BCUT2D eigenvalue weighted by molar-refractivity contribution is 9.11. The number of hydrogen-bond acceptors (Lipinski definition) is 4. The number of thiophene rings is 1. The molecular weight excluding hydrogens is 427 g/mol. The molecule has 2 N–H and O–H groups in total. The van der Waals surface area contributed by atoms with Gasteiger partial charge < -0.3 is 10.6 Å². The van der Waals surface area contributed by atoms with Crippen LogP contribution in [0.4, 0.5) is 4.39 Å². The molecule has 1 aromatic heterocycles. The van der Waals surface area contributed by atoms with Crippen molar-refractivity contribution in [1.82, 2.24) is 10.6 Å². The summed E-state index contributed by atoms with van der Waals surface area (Å²) in [5, 5.41) is 5.62. The lowest BCUT2D eigenvalue weighted by atomic mass is 10.0. The molecule has 1 aromatic carbocycles. The molecule has 1 aliphatic heterocycles. The molecule has 4 nitrogen and oxygen atoms in total. The molecule has 0 spiro atoms. The van der Waals surface area contributed by atoms with Gasteiger partial charge in [-0.05, 0) is 65.2 Å². The van der Waals surface area contributed by atoms with Crippen molar-refractivity contribution in [3.8, 4) is 0 Å². The van der Waals surface area contributed by atoms with Crippen LogP contribution in [0.1, 0.15) is 34.6 Å². The highest BCUT2D eigenvalue weighted by Gasteiger charge is 2.25. The summed E-state index contributed by atoms with van der Waals surface area (Å²) in [5.41, 5.74) is 0.797. The van der Waals surface area contributed by atoms with E-state index in [0.717, 1.165) is 26.4 Å².